The molecule has 1 heterocycles. The van der Waals surface area contributed by atoms with E-state index < -0.39 is 5.91 Å². The zero-order chi connectivity index (χ0) is 21.1. The van der Waals surface area contributed by atoms with Gasteiger partial charge in [-0.2, -0.15) is 4.99 Å². The fraction of sp³-hybridized carbons (Fsp3) is 0.0870. The van der Waals surface area contributed by atoms with Crippen molar-refractivity contribution in [3.63, 3.8) is 0 Å². The minimum absolute atomic E-state index is 0.253. The monoisotopic (exact) mass is 420 g/mol. The summed E-state index contributed by atoms with van der Waals surface area (Å²) in [6, 6.07) is 17.7. The molecule has 1 aliphatic heterocycles. The maximum Gasteiger partial charge on any atom is 0.286 e. The van der Waals surface area contributed by atoms with E-state index in [1.54, 1.807) is 18.2 Å². The second kappa shape index (κ2) is 8.51. The lowest BCUT2D eigenvalue weighted by Gasteiger charge is -2.13. The van der Waals surface area contributed by atoms with Crippen LogP contribution in [0.4, 0.5) is 4.39 Å². The summed E-state index contributed by atoms with van der Waals surface area (Å²) in [5.41, 5.74) is 1.57. The number of ether oxygens (including phenoxy) is 1. The highest BCUT2D eigenvalue weighted by molar-refractivity contribution is 8.18. The number of amides is 2. The van der Waals surface area contributed by atoms with Crippen molar-refractivity contribution in [3.8, 4) is 5.75 Å². The van der Waals surface area contributed by atoms with E-state index in [2.05, 4.69) is 10.3 Å². The van der Waals surface area contributed by atoms with Gasteiger partial charge in [-0.3, -0.25) is 9.59 Å². The molecule has 30 heavy (non-hydrogen) atoms. The van der Waals surface area contributed by atoms with Gasteiger partial charge in [0.2, 0.25) is 5.91 Å². The van der Waals surface area contributed by atoms with E-state index in [0.29, 0.717) is 10.7 Å². The smallest absolute Gasteiger partial charge is 0.286 e. The molecule has 0 atom stereocenters. The number of nitrogens with zero attached hydrogens (tertiary/aromatic N) is 1. The molecular weight excluding hydrogens is 403 g/mol. The molecule has 3 aromatic rings. The Labute approximate surface area is 176 Å². The molecule has 7 heteroatoms. The molecule has 0 fully saturated rings. The number of aliphatic imine (C=N–C) groups is 1. The van der Waals surface area contributed by atoms with Gasteiger partial charge in [0.25, 0.3) is 5.91 Å². The van der Waals surface area contributed by atoms with Gasteiger partial charge in [-0.25, -0.2) is 4.39 Å². The van der Waals surface area contributed by atoms with Gasteiger partial charge in [-0.15, -0.1) is 0 Å². The van der Waals surface area contributed by atoms with Crippen LogP contribution in [0.1, 0.15) is 18.1 Å². The van der Waals surface area contributed by atoms with Gasteiger partial charge in [0.05, 0.1) is 4.91 Å². The Bertz CT molecular complexity index is 1200. The third-order valence-electron chi connectivity index (χ3n) is 4.42. The molecule has 0 bridgehead atoms. The quantitative estimate of drug-likeness (QED) is 0.623. The van der Waals surface area contributed by atoms with Crippen molar-refractivity contribution in [2.75, 3.05) is 0 Å². The van der Waals surface area contributed by atoms with E-state index in [9.17, 15) is 14.0 Å². The normalized spacial score (nSPS) is 14.8. The Morgan fingerprint density at radius 3 is 2.67 bits per heavy atom. The SMILES string of the molecule is CC(=O)NC1=NC(=O)/C(=C/c2c(OCc3ccc(F)cc3)ccc3ccccc23)S1. The molecule has 0 unspecified atom stereocenters. The number of carbonyl (C=O) groups is 2. The predicted octanol–water partition coefficient (Wildman–Crippen LogP) is 4.66. The van der Waals surface area contributed by atoms with Crippen molar-refractivity contribution in [2.45, 2.75) is 13.5 Å². The van der Waals surface area contributed by atoms with Crippen LogP contribution in [0.3, 0.4) is 0 Å². The first-order valence-corrected chi connectivity index (χ1v) is 10.0. The molecule has 0 spiro atoms. The Morgan fingerprint density at radius 2 is 1.90 bits per heavy atom. The highest BCUT2D eigenvalue weighted by Gasteiger charge is 2.23. The van der Waals surface area contributed by atoms with E-state index in [1.165, 1.54) is 19.1 Å². The van der Waals surface area contributed by atoms with Crippen molar-refractivity contribution in [1.29, 1.82) is 0 Å². The Balaban J connectivity index is 1.68. The first-order valence-electron chi connectivity index (χ1n) is 9.19. The summed E-state index contributed by atoms with van der Waals surface area (Å²) in [6.45, 7) is 1.62. The summed E-state index contributed by atoms with van der Waals surface area (Å²) in [6.07, 6.45) is 1.73. The number of hydrogen-bond donors (Lipinski definition) is 1. The second-order valence-electron chi connectivity index (χ2n) is 6.63. The third kappa shape index (κ3) is 4.41. The highest BCUT2D eigenvalue weighted by Crippen LogP contribution is 2.35. The van der Waals surface area contributed by atoms with E-state index in [1.807, 2.05) is 36.4 Å². The molecule has 150 valence electrons. The van der Waals surface area contributed by atoms with E-state index in [0.717, 1.165) is 33.7 Å². The molecule has 1 N–H and O–H groups in total. The number of nitrogens with one attached hydrogen (secondary N) is 1. The summed E-state index contributed by atoms with van der Waals surface area (Å²) in [7, 11) is 0. The van der Waals surface area contributed by atoms with Gasteiger partial charge in [0, 0.05) is 12.5 Å². The summed E-state index contributed by atoms with van der Waals surface area (Å²) in [5, 5.41) is 4.72. The molecule has 4 rings (SSSR count). The number of benzene rings is 3. The summed E-state index contributed by atoms with van der Waals surface area (Å²) >= 11 is 1.11. The summed E-state index contributed by atoms with van der Waals surface area (Å²) in [5.74, 6) is -0.418. The van der Waals surface area contributed by atoms with Gasteiger partial charge >= 0.3 is 0 Å². The minimum Gasteiger partial charge on any atom is -0.488 e. The van der Waals surface area contributed by atoms with Crippen LogP contribution in [0, 0.1) is 5.82 Å². The molecule has 0 aliphatic carbocycles. The molecule has 0 saturated carbocycles. The molecule has 3 aromatic carbocycles. The van der Waals surface area contributed by atoms with Gasteiger partial charge < -0.3 is 10.1 Å². The van der Waals surface area contributed by atoms with E-state index >= 15 is 0 Å². The topological polar surface area (TPSA) is 67.8 Å². The van der Waals surface area contributed by atoms with Crippen molar-refractivity contribution < 1.29 is 18.7 Å². The minimum atomic E-state index is -0.416. The van der Waals surface area contributed by atoms with Crippen LogP contribution < -0.4 is 10.1 Å². The molecule has 0 radical (unpaired) electrons. The summed E-state index contributed by atoms with van der Waals surface area (Å²) in [4.78, 5) is 27.9. The van der Waals surface area contributed by atoms with E-state index in [-0.39, 0.29) is 23.5 Å². The fourth-order valence-corrected chi connectivity index (χ4v) is 3.88. The Morgan fingerprint density at radius 1 is 1.13 bits per heavy atom. The average molecular weight is 420 g/mol. The lowest BCUT2D eigenvalue weighted by molar-refractivity contribution is -0.117. The van der Waals surface area contributed by atoms with Crippen molar-refractivity contribution in [2.24, 2.45) is 4.99 Å². The van der Waals surface area contributed by atoms with Gasteiger partial charge in [0.1, 0.15) is 18.2 Å². The lowest BCUT2D eigenvalue weighted by Crippen LogP contribution is -2.23. The molecule has 2 amide bonds. The highest BCUT2D eigenvalue weighted by atomic mass is 32.2. The van der Waals surface area contributed by atoms with Crippen LogP contribution in [0.2, 0.25) is 0 Å². The fourth-order valence-electron chi connectivity index (χ4n) is 3.04. The first-order chi connectivity index (χ1) is 14.5. The number of halogens is 1. The van der Waals surface area contributed by atoms with Crippen LogP contribution in [0.15, 0.2) is 70.6 Å². The standard InChI is InChI=1S/C23H17FN2O3S/c1-14(27)25-23-26-22(28)21(30-23)12-19-18-5-3-2-4-16(18)8-11-20(19)29-13-15-6-9-17(24)10-7-15/h2-12H,13H2,1H3,(H,25,26,27,28)/b21-12-. The van der Waals surface area contributed by atoms with Crippen LogP contribution in [0.25, 0.3) is 16.8 Å². The number of thioether (sulfide) groups is 1. The number of rotatable bonds is 4. The Kier molecular flexibility index (Phi) is 5.63. The molecular formula is C23H17FN2O3S. The van der Waals surface area contributed by atoms with Crippen molar-refractivity contribution in [1.82, 2.24) is 5.32 Å². The van der Waals surface area contributed by atoms with Crippen molar-refractivity contribution in [3.05, 3.63) is 82.5 Å². The van der Waals surface area contributed by atoms with Crippen LogP contribution in [-0.2, 0) is 16.2 Å². The lowest BCUT2D eigenvalue weighted by atomic mass is 10.0. The number of hydrogen-bond acceptors (Lipinski definition) is 4. The second-order valence-corrected chi connectivity index (χ2v) is 7.66. The predicted molar refractivity (Wildman–Crippen MR) is 117 cm³/mol. The van der Waals surface area contributed by atoms with E-state index in [4.69, 9.17) is 4.74 Å². The summed E-state index contributed by atoms with van der Waals surface area (Å²) < 4.78 is 19.2. The molecule has 1 aliphatic rings. The van der Waals surface area contributed by atoms with Crippen LogP contribution >= 0.6 is 11.8 Å². The van der Waals surface area contributed by atoms with Crippen molar-refractivity contribution >= 4 is 45.6 Å². The molecule has 5 nitrogen and oxygen atoms in total. The zero-order valence-electron chi connectivity index (χ0n) is 16.0. The van der Waals surface area contributed by atoms with Gasteiger partial charge in [-0.05, 0) is 52.4 Å². The number of carbonyl (C=O) groups excluding carboxylic acids is 2. The maximum absolute atomic E-state index is 13.1. The number of amidine groups is 1. The van der Waals surface area contributed by atoms with Crippen LogP contribution in [0.5, 0.6) is 5.75 Å². The molecule has 0 saturated heterocycles. The van der Waals surface area contributed by atoms with Gasteiger partial charge in [-0.1, -0.05) is 42.5 Å². The Hall–Kier alpha value is -3.45. The zero-order valence-corrected chi connectivity index (χ0v) is 16.8. The first kappa shape index (κ1) is 19.8. The van der Waals surface area contributed by atoms with Crippen LogP contribution in [-0.4, -0.2) is 17.0 Å². The number of fused-ring (bicyclic) bond motifs is 1. The third-order valence-corrected chi connectivity index (χ3v) is 5.32. The molecule has 0 aromatic heterocycles. The van der Waals surface area contributed by atoms with Gasteiger partial charge in [0.15, 0.2) is 5.17 Å². The average Bonchev–Trinajstić information content (AvgIpc) is 3.06. The maximum atomic E-state index is 13.1. The largest absolute Gasteiger partial charge is 0.488 e.